The number of amides is 1. The molecule has 0 aliphatic rings. The van der Waals surface area contributed by atoms with E-state index in [4.69, 9.17) is 12.2 Å². The molecular formula is C16H15IN2OS. The third-order valence-electron chi connectivity index (χ3n) is 2.95. The minimum Gasteiger partial charge on any atom is -0.332 e. The molecule has 0 aliphatic carbocycles. The molecule has 0 saturated carbocycles. The lowest BCUT2D eigenvalue weighted by Crippen LogP contribution is -2.34. The van der Waals surface area contributed by atoms with Crippen LogP contribution in [0.4, 0.5) is 5.69 Å². The topological polar surface area (TPSA) is 41.1 Å². The molecule has 0 radical (unpaired) electrons. The second-order valence-electron chi connectivity index (χ2n) is 4.47. The molecule has 0 aromatic heterocycles. The SMILES string of the molecule is CCc1ccc(C(=O)NC(=S)Nc2ccc(I)cc2)cc1. The molecule has 0 saturated heterocycles. The van der Waals surface area contributed by atoms with Crippen LogP contribution in [0, 0.1) is 3.57 Å². The molecule has 21 heavy (non-hydrogen) atoms. The van der Waals surface area contributed by atoms with Gasteiger partial charge in [0.15, 0.2) is 5.11 Å². The number of nitrogens with one attached hydrogen (secondary N) is 2. The molecule has 0 heterocycles. The molecule has 1 amide bonds. The maximum atomic E-state index is 12.1. The van der Waals surface area contributed by atoms with Gasteiger partial charge < -0.3 is 5.32 Å². The lowest BCUT2D eigenvalue weighted by atomic mass is 10.1. The van der Waals surface area contributed by atoms with E-state index in [1.54, 1.807) is 0 Å². The highest BCUT2D eigenvalue weighted by atomic mass is 127. The summed E-state index contributed by atoms with van der Waals surface area (Å²) in [5.74, 6) is -0.208. The molecule has 0 atom stereocenters. The smallest absolute Gasteiger partial charge is 0.257 e. The maximum absolute atomic E-state index is 12.1. The molecule has 2 aromatic carbocycles. The van der Waals surface area contributed by atoms with Crippen molar-refractivity contribution in [3.63, 3.8) is 0 Å². The fraction of sp³-hybridized carbons (Fsp3) is 0.125. The first-order chi connectivity index (χ1) is 10.1. The average Bonchev–Trinajstić information content (AvgIpc) is 2.49. The van der Waals surface area contributed by atoms with Crippen molar-refractivity contribution in [3.8, 4) is 0 Å². The minimum atomic E-state index is -0.208. The van der Waals surface area contributed by atoms with Crippen LogP contribution in [-0.4, -0.2) is 11.0 Å². The fourth-order valence-electron chi connectivity index (χ4n) is 1.76. The summed E-state index contributed by atoms with van der Waals surface area (Å²) in [5, 5.41) is 5.96. The highest BCUT2D eigenvalue weighted by Crippen LogP contribution is 2.11. The van der Waals surface area contributed by atoms with Crippen LogP contribution >= 0.6 is 34.8 Å². The summed E-state index contributed by atoms with van der Waals surface area (Å²) in [6.45, 7) is 2.08. The Labute approximate surface area is 143 Å². The Morgan fingerprint density at radius 1 is 1.10 bits per heavy atom. The number of hydrogen-bond acceptors (Lipinski definition) is 2. The van der Waals surface area contributed by atoms with Crippen LogP contribution in [-0.2, 0) is 6.42 Å². The van der Waals surface area contributed by atoms with Crippen molar-refractivity contribution in [2.75, 3.05) is 5.32 Å². The van der Waals surface area contributed by atoms with Crippen LogP contribution in [0.3, 0.4) is 0 Å². The number of rotatable bonds is 3. The van der Waals surface area contributed by atoms with Gasteiger partial charge in [-0.1, -0.05) is 19.1 Å². The summed E-state index contributed by atoms with van der Waals surface area (Å²) in [7, 11) is 0. The quantitative estimate of drug-likeness (QED) is 0.594. The maximum Gasteiger partial charge on any atom is 0.257 e. The zero-order valence-corrected chi connectivity index (χ0v) is 14.5. The summed E-state index contributed by atoms with van der Waals surface area (Å²) in [5.41, 5.74) is 2.65. The number of carbonyl (C=O) groups is 1. The van der Waals surface area contributed by atoms with Gasteiger partial charge in [-0.05, 0) is 83.2 Å². The van der Waals surface area contributed by atoms with Crippen molar-refractivity contribution in [1.82, 2.24) is 5.32 Å². The zero-order valence-electron chi connectivity index (χ0n) is 11.5. The van der Waals surface area contributed by atoms with Gasteiger partial charge in [-0.25, -0.2) is 0 Å². The number of carbonyl (C=O) groups excluding carboxylic acids is 1. The third kappa shape index (κ3) is 4.78. The van der Waals surface area contributed by atoms with E-state index >= 15 is 0 Å². The van der Waals surface area contributed by atoms with Gasteiger partial charge in [0.05, 0.1) is 0 Å². The molecule has 0 unspecified atom stereocenters. The lowest BCUT2D eigenvalue weighted by Gasteiger charge is -2.10. The van der Waals surface area contributed by atoms with E-state index in [0.717, 1.165) is 15.7 Å². The number of halogens is 1. The Kier molecular flexibility index (Phi) is 5.69. The lowest BCUT2D eigenvalue weighted by molar-refractivity contribution is 0.0977. The van der Waals surface area contributed by atoms with Crippen molar-refractivity contribution in [2.45, 2.75) is 13.3 Å². The van der Waals surface area contributed by atoms with Crippen LogP contribution in [0.5, 0.6) is 0 Å². The van der Waals surface area contributed by atoms with Crippen molar-refractivity contribution in [2.24, 2.45) is 0 Å². The highest BCUT2D eigenvalue weighted by molar-refractivity contribution is 14.1. The standard InChI is InChI=1S/C16H15IN2OS/c1-2-11-3-5-12(6-4-11)15(20)19-16(21)18-14-9-7-13(17)8-10-14/h3-10H,2H2,1H3,(H2,18,19,20,21). The molecule has 108 valence electrons. The van der Waals surface area contributed by atoms with Gasteiger partial charge in [0, 0.05) is 14.8 Å². The first-order valence-electron chi connectivity index (χ1n) is 6.55. The molecule has 0 spiro atoms. The monoisotopic (exact) mass is 410 g/mol. The van der Waals surface area contributed by atoms with Crippen LogP contribution in [0.1, 0.15) is 22.8 Å². The van der Waals surface area contributed by atoms with Gasteiger partial charge in [0.2, 0.25) is 0 Å². The van der Waals surface area contributed by atoms with Crippen molar-refractivity contribution in [3.05, 3.63) is 63.2 Å². The average molecular weight is 410 g/mol. The molecule has 2 rings (SSSR count). The summed E-state index contributed by atoms with van der Waals surface area (Å²) in [6, 6.07) is 15.3. The number of anilines is 1. The van der Waals surface area contributed by atoms with Crippen molar-refractivity contribution >= 4 is 51.5 Å². The number of thiocarbonyl (C=S) groups is 1. The first kappa shape index (κ1) is 15.9. The van der Waals surface area contributed by atoms with Gasteiger partial charge in [-0.3, -0.25) is 10.1 Å². The largest absolute Gasteiger partial charge is 0.332 e. The third-order valence-corrected chi connectivity index (χ3v) is 3.88. The van der Waals surface area contributed by atoms with E-state index in [1.807, 2.05) is 48.5 Å². The van der Waals surface area contributed by atoms with Gasteiger partial charge in [0.25, 0.3) is 5.91 Å². The van der Waals surface area contributed by atoms with E-state index in [1.165, 1.54) is 5.56 Å². The van der Waals surface area contributed by atoms with Crippen molar-refractivity contribution < 1.29 is 4.79 Å². The second-order valence-corrected chi connectivity index (χ2v) is 6.12. The molecule has 5 heteroatoms. The Bertz CT molecular complexity index is 638. The summed E-state index contributed by atoms with van der Waals surface area (Å²) >= 11 is 7.38. The molecule has 0 aliphatic heterocycles. The molecule has 0 fully saturated rings. The predicted octanol–water partition coefficient (Wildman–Crippen LogP) is 3.98. The van der Waals surface area contributed by atoms with E-state index in [-0.39, 0.29) is 5.91 Å². The van der Waals surface area contributed by atoms with Gasteiger partial charge in [0.1, 0.15) is 0 Å². The van der Waals surface area contributed by atoms with Gasteiger partial charge >= 0.3 is 0 Å². The van der Waals surface area contributed by atoms with Crippen LogP contribution in [0.15, 0.2) is 48.5 Å². The Hall–Kier alpha value is -1.47. The summed E-state index contributed by atoms with van der Waals surface area (Å²) in [6.07, 6.45) is 0.953. The zero-order chi connectivity index (χ0) is 15.2. The molecule has 3 nitrogen and oxygen atoms in total. The predicted molar refractivity (Wildman–Crippen MR) is 98.7 cm³/mol. The Morgan fingerprint density at radius 3 is 2.29 bits per heavy atom. The number of aryl methyl sites for hydroxylation is 1. The van der Waals surface area contributed by atoms with E-state index in [9.17, 15) is 4.79 Å². The van der Waals surface area contributed by atoms with Gasteiger partial charge in [-0.15, -0.1) is 0 Å². The van der Waals surface area contributed by atoms with E-state index in [0.29, 0.717) is 10.7 Å². The summed E-state index contributed by atoms with van der Waals surface area (Å²) in [4.78, 5) is 12.1. The van der Waals surface area contributed by atoms with Crippen molar-refractivity contribution in [1.29, 1.82) is 0 Å². The Morgan fingerprint density at radius 2 is 1.71 bits per heavy atom. The van der Waals surface area contributed by atoms with Gasteiger partial charge in [-0.2, -0.15) is 0 Å². The Balaban J connectivity index is 1.95. The molecule has 2 N–H and O–H groups in total. The highest BCUT2D eigenvalue weighted by Gasteiger charge is 2.07. The number of hydrogen-bond donors (Lipinski definition) is 2. The van der Waals surface area contributed by atoms with Crippen LogP contribution in [0.25, 0.3) is 0 Å². The first-order valence-corrected chi connectivity index (χ1v) is 8.04. The molecule has 0 bridgehead atoms. The molecular weight excluding hydrogens is 395 g/mol. The van der Waals surface area contributed by atoms with E-state index < -0.39 is 0 Å². The minimum absolute atomic E-state index is 0.208. The summed E-state index contributed by atoms with van der Waals surface area (Å²) < 4.78 is 1.14. The van der Waals surface area contributed by atoms with Crippen LogP contribution in [0.2, 0.25) is 0 Å². The number of benzene rings is 2. The fourth-order valence-corrected chi connectivity index (χ4v) is 2.33. The normalized spacial score (nSPS) is 10.0. The van der Waals surface area contributed by atoms with E-state index in [2.05, 4.69) is 40.1 Å². The second kappa shape index (κ2) is 7.51. The van der Waals surface area contributed by atoms with Crippen LogP contribution < -0.4 is 10.6 Å². The molecule has 2 aromatic rings.